The zero-order chi connectivity index (χ0) is 12.1. The fraction of sp³-hybridized carbons (Fsp3) is 0.333. The summed E-state index contributed by atoms with van der Waals surface area (Å²) in [7, 11) is 0. The van der Waals surface area contributed by atoms with Crippen LogP contribution in [0.4, 0.5) is 0 Å². The Morgan fingerprint density at radius 1 is 1.56 bits per heavy atom. The molecule has 1 aromatic rings. The van der Waals surface area contributed by atoms with Crippen molar-refractivity contribution < 1.29 is 9.53 Å². The van der Waals surface area contributed by atoms with Crippen LogP contribution in [0.1, 0.15) is 23.6 Å². The number of ether oxygens (including phenoxy) is 1. The third kappa shape index (κ3) is 3.07. The summed E-state index contributed by atoms with van der Waals surface area (Å²) in [6.45, 7) is 4.00. The molecule has 0 spiro atoms. The van der Waals surface area contributed by atoms with Crippen molar-refractivity contribution in [3.05, 3.63) is 33.3 Å². The highest BCUT2D eigenvalue weighted by Crippen LogP contribution is 2.22. The summed E-state index contributed by atoms with van der Waals surface area (Å²) in [6.07, 6.45) is 0.223. The zero-order valence-electron chi connectivity index (χ0n) is 9.21. The van der Waals surface area contributed by atoms with Gasteiger partial charge >= 0.3 is 5.97 Å². The van der Waals surface area contributed by atoms with Gasteiger partial charge in [0.15, 0.2) is 0 Å². The second kappa shape index (κ2) is 5.66. The lowest BCUT2D eigenvalue weighted by Crippen LogP contribution is -2.08. The van der Waals surface area contributed by atoms with E-state index in [-0.39, 0.29) is 12.4 Å². The second-order valence-corrected chi connectivity index (χ2v) is 4.21. The molecule has 1 aromatic carbocycles. The normalized spacial score (nSPS) is 9.62. The molecule has 0 aliphatic rings. The highest BCUT2D eigenvalue weighted by molar-refractivity contribution is 9.10. The molecule has 0 unspecified atom stereocenters. The summed E-state index contributed by atoms with van der Waals surface area (Å²) in [4.78, 5) is 11.3. The van der Waals surface area contributed by atoms with Crippen molar-refractivity contribution in [1.82, 2.24) is 0 Å². The second-order valence-electron chi connectivity index (χ2n) is 3.35. The number of hydrogen-bond donors (Lipinski definition) is 0. The number of esters is 1. The average molecular weight is 282 g/mol. The van der Waals surface area contributed by atoms with Crippen LogP contribution in [0.5, 0.6) is 0 Å². The molecule has 0 saturated heterocycles. The third-order valence-electron chi connectivity index (χ3n) is 2.15. The number of benzene rings is 1. The first-order chi connectivity index (χ1) is 7.58. The van der Waals surface area contributed by atoms with Gasteiger partial charge in [0.25, 0.3) is 0 Å². The first-order valence-corrected chi connectivity index (χ1v) is 5.72. The maximum atomic E-state index is 11.3. The van der Waals surface area contributed by atoms with Crippen LogP contribution in [-0.2, 0) is 16.0 Å². The van der Waals surface area contributed by atoms with Crippen LogP contribution in [0, 0.1) is 18.3 Å². The van der Waals surface area contributed by atoms with Crippen LogP contribution < -0.4 is 0 Å². The topological polar surface area (TPSA) is 50.1 Å². The minimum Gasteiger partial charge on any atom is -0.466 e. The summed E-state index contributed by atoms with van der Waals surface area (Å²) >= 11 is 3.34. The number of hydrogen-bond acceptors (Lipinski definition) is 3. The van der Waals surface area contributed by atoms with Gasteiger partial charge in [-0.05, 0) is 31.0 Å². The van der Waals surface area contributed by atoms with E-state index in [0.717, 1.165) is 15.6 Å². The zero-order valence-corrected chi connectivity index (χ0v) is 10.8. The van der Waals surface area contributed by atoms with Gasteiger partial charge in [-0.2, -0.15) is 5.26 Å². The van der Waals surface area contributed by atoms with Crippen molar-refractivity contribution in [2.24, 2.45) is 0 Å². The van der Waals surface area contributed by atoms with Crippen molar-refractivity contribution in [3.63, 3.8) is 0 Å². The number of halogens is 1. The molecule has 0 saturated carbocycles. The summed E-state index contributed by atoms with van der Waals surface area (Å²) in [5.41, 5.74) is 2.32. The largest absolute Gasteiger partial charge is 0.466 e. The maximum absolute atomic E-state index is 11.3. The molecule has 0 aliphatic carbocycles. The Morgan fingerprint density at radius 3 is 2.81 bits per heavy atom. The Labute approximate surface area is 103 Å². The molecule has 0 amide bonds. The Kier molecular flexibility index (Phi) is 4.51. The summed E-state index contributed by atoms with van der Waals surface area (Å²) < 4.78 is 5.64. The van der Waals surface area contributed by atoms with E-state index in [2.05, 4.69) is 22.0 Å². The molecule has 0 aliphatic heterocycles. The molecule has 3 nitrogen and oxygen atoms in total. The van der Waals surface area contributed by atoms with Gasteiger partial charge in [0.05, 0.1) is 24.7 Å². The van der Waals surface area contributed by atoms with E-state index in [9.17, 15) is 4.79 Å². The first-order valence-electron chi connectivity index (χ1n) is 4.93. The van der Waals surface area contributed by atoms with Crippen LogP contribution in [0.15, 0.2) is 16.6 Å². The smallest absolute Gasteiger partial charge is 0.310 e. The number of rotatable bonds is 3. The molecule has 0 N–H and O–H groups in total. The van der Waals surface area contributed by atoms with E-state index in [1.807, 2.05) is 13.0 Å². The monoisotopic (exact) mass is 281 g/mol. The van der Waals surface area contributed by atoms with Crippen molar-refractivity contribution in [1.29, 1.82) is 5.26 Å². The average Bonchev–Trinajstić information content (AvgIpc) is 2.23. The highest BCUT2D eigenvalue weighted by Gasteiger charge is 2.10. The van der Waals surface area contributed by atoms with Crippen molar-refractivity contribution in [3.8, 4) is 6.07 Å². The fourth-order valence-corrected chi connectivity index (χ4v) is 1.85. The minimum absolute atomic E-state index is 0.223. The molecule has 84 valence electrons. The van der Waals surface area contributed by atoms with Crippen LogP contribution in [0.25, 0.3) is 0 Å². The van der Waals surface area contributed by atoms with Gasteiger partial charge in [-0.1, -0.05) is 22.0 Å². The first kappa shape index (κ1) is 12.7. The van der Waals surface area contributed by atoms with E-state index < -0.39 is 0 Å². The van der Waals surface area contributed by atoms with Crippen molar-refractivity contribution in [2.75, 3.05) is 6.61 Å². The van der Waals surface area contributed by atoms with Gasteiger partial charge in [-0.15, -0.1) is 0 Å². The van der Waals surface area contributed by atoms with Gasteiger partial charge in [0.2, 0.25) is 0 Å². The molecule has 0 heterocycles. The number of nitriles is 1. The quantitative estimate of drug-likeness (QED) is 0.801. The SMILES string of the molecule is CCOC(=O)Cc1cc(C)c(C#N)cc1Br. The van der Waals surface area contributed by atoms with Gasteiger partial charge in [-0.3, -0.25) is 4.79 Å². The van der Waals surface area contributed by atoms with Crippen molar-refractivity contribution in [2.45, 2.75) is 20.3 Å². The van der Waals surface area contributed by atoms with E-state index in [1.165, 1.54) is 0 Å². The number of carbonyl (C=O) groups is 1. The molecule has 0 aromatic heterocycles. The molecular weight excluding hydrogens is 270 g/mol. The Bertz CT molecular complexity index is 449. The van der Waals surface area contributed by atoms with E-state index >= 15 is 0 Å². The Hall–Kier alpha value is -1.34. The predicted molar refractivity (Wildman–Crippen MR) is 63.9 cm³/mol. The lowest BCUT2D eigenvalue weighted by molar-refractivity contribution is -0.142. The predicted octanol–water partition coefficient (Wildman–Crippen LogP) is 2.73. The van der Waals surface area contributed by atoms with E-state index in [4.69, 9.17) is 10.00 Å². The molecule has 0 atom stereocenters. The van der Waals surface area contributed by atoms with Gasteiger partial charge in [-0.25, -0.2) is 0 Å². The van der Waals surface area contributed by atoms with Gasteiger partial charge in [0, 0.05) is 4.47 Å². The lowest BCUT2D eigenvalue weighted by atomic mass is 10.0. The minimum atomic E-state index is -0.257. The summed E-state index contributed by atoms with van der Waals surface area (Å²) in [5.74, 6) is -0.257. The Morgan fingerprint density at radius 2 is 2.25 bits per heavy atom. The van der Waals surface area contributed by atoms with Crippen LogP contribution in [0.3, 0.4) is 0 Å². The standard InChI is InChI=1S/C12H12BrNO2/c1-3-16-12(15)6-9-4-8(2)10(7-14)5-11(9)13/h4-5H,3,6H2,1-2H3. The molecule has 0 fully saturated rings. The molecule has 4 heteroatoms. The van der Waals surface area contributed by atoms with E-state index in [0.29, 0.717) is 12.2 Å². The molecular formula is C12H12BrNO2. The fourth-order valence-electron chi connectivity index (χ4n) is 1.36. The van der Waals surface area contributed by atoms with Crippen LogP contribution in [0.2, 0.25) is 0 Å². The lowest BCUT2D eigenvalue weighted by Gasteiger charge is -2.07. The molecule has 0 bridgehead atoms. The maximum Gasteiger partial charge on any atom is 0.310 e. The molecule has 16 heavy (non-hydrogen) atoms. The summed E-state index contributed by atoms with van der Waals surface area (Å²) in [5, 5.41) is 8.84. The molecule has 1 rings (SSSR count). The van der Waals surface area contributed by atoms with Gasteiger partial charge in [0.1, 0.15) is 0 Å². The molecule has 0 radical (unpaired) electrons. The highest BCUT2D eigenvalue weighted by atomic mass is 79.9. The van der Waals surface area contributed by atoms with Crippen molar-refractivity contribution >= 4 is 21.9 Å². The van der Waals surface area contributed by atoms with Gasteiger partial charge < -0.3 is 4.74 Å². The third-order valence-corrected chi connectivity index (χ3v) is 2.89. The number of carbonyl (C=O) groups excluding carboxylic acids is 1. The summed E-state index contributed by atoms with van der Waals surface area (Å²) in [6, 6.07) is 5.65. The van der Waals surface area contributed by atoms with E-state index in [1.54, 1.807) is 13.0 Å². The number of nitrogens with zero attached hydrogens (tertiary/aromatic N) is 1. The van der Waals surface area contributed by atoms with Crippen LogP contribution >= 0.6 is 15.9 Å². The Balaban J connectivity index is 2.95. The van der Waals surface area contributed by atoms with Crippen LogP contribution in [-0.4, -0.2) is 12.6 Å². The number of aryl methyl sites for hydroxylation is 1.